The number of hydrogen-bond acceptors (Lipinski definition) is 2. The van der Waals surface area contributed by atoms with E-state index in [1.165, 1.54) is 25.0 Å². The Morgan fingerprint density at radius 1 is 1.28 bits per heavy atom. The van der Waals surface area contributed by atoms with Gasteiger partial charge in [-0.2, -0.15) is 0 Å². The minimum absolute atomic E-state index is 0.129. The summed E-state index contributed by atoms with van der Waals surface area (Å²) >= 11 is 0. The van der Waals surface area contributed by atoms with Gasteiger partial charge in [0, 0.05) is 19.6 Å². The van der Waals surface area contributed by atoms with E-state index in [1.54, 1.807) is 7.05 Å². The van der Waals surface area contributed by atoms with Gasteiger partial charge in [-0.3, -0.25) is 0 Å². The maximum absolute atomic E-state index is 14.0. The topological polar surface area (TPSA) is 15.3 Å². The molecule has 0 atom stereocenters. The largest absolute Gasteiger partial charge is 0.367 e. The van der Waals surface area contributed by atoms with E-state index in [4.69, 9.17) is 0 Å². The molecule has 1 saturated carbocycles. The van der Waals surface area contributed by atoms with Crippen LogP contribution in [0.2, 0.25) is 0 Å². The highest BCUT2D eigenvalue weighted by atomic mass is 19.1. The van der Waals surface area contributed by atoms with Gasteiger partial charge in [0.1, 0.15) is 17.3 Å². The lowest BCUT2D eigenvalue weighted by Crippen LogP contribution is -2.27. The Morgan fingerprint density at radius 2 is 1.89 bits per heavy atom. The molecule has 2 nitrogen and oxygen atoms in total. The van der Waals surface area contributed by atoms with Crippen LogP contribution in [0.15, 0.2) is 12.1 Å². The lowest BCUT2D eigenvalue weighted by Gasteiger charge is -2.24. The summed E-state index contributed by atoms with van der Waals surface area (Å²) in [5, 5.41) is 2.90. The molecule has 0 bridgehead atoms. The Labute approximate surface area is 107 Å². The lowest BCUT2D eigenvalue weighted by atomic mass is 10.1. The number of hydrogen-bond donors (Lipinski definition) is 1. The predicted octanol–water partition coefficient (Wildman–Crippen LogP) is 2.92. The summed E-state index contributed by atoms with van der Waals surface area (Å²) in [7, 11) is 1.76. The van der Waals surface area contributed by atoms with Gasteiger partial charge in [0.15, 0.2) is 0 Å². The molecule has 100 valence electrons. The van der Waals surface area contributed by atoms with Gasteiger partial charge in [-0.1, -0.05) is 0 Å². The Kier molecular flexibility index (Phi) is 4.17. The zero-order chi connectivity index (χ0) is 13.1. The normalized spacial score (nSPS) is 14.9. The number of anilines is 1. The minimum atomic E-state index is -0.456. The summed E-state index contributed by atoms with van der Waals surface area (Å²) in [6.07, 6.45) is 2.36. The fraction of sp³-hybridized carbons (Fsp3) is 0.571. The number of halogens is 2. The van der Waals surface area contributed by atoms with Crippen molar-refractivity contribution in [2.45, 2.75) is 26.3 Å². The van der Waals surface area contributed by atoms with Gasteiger partial charge in [-0.05, 0) is 50.4 Å². The molecule has 4 heteroatoms. The highest BCUT2D eigenvalue weighted by molar-refractivity contribution is 5.51. The zero-order valence-electron chi connectivity index (χ0n) is 11.0. The summed E-state index contributed by atoms with van der Waals surface area (Å²) < 4.78 is 28.1. The third-order valence-electron chi connectivity index (χ3n) is 3.33. The average Bonchev–Trinajstić information content (AvgIpc) is 3.11. The van der Waals surface area contributed by atoms with Crippen molar-refractivity contribution in [2.75, 3.05) is 25.0 Å². The predicted molar refractivity (Wildman–Crippen MR) is 69.7 cm³/mol. The molecule has 1 aromatic rings. The van der Waals surface area contributed by atoms with E-state index in [1.807, 2.05) is 11.8 Å². The van der Waals surface area contributed by atoms with Crippen molar-refractivity contribution >= 4 is 5.69 Å². The van der Waals surface area contributed by atoms with Crippen molar-refractivity contribution in [2.24, 2.45) is 5.92 Å². The van der Waals surface area contributed by atoms with Crippen molar-refractivity contribution in [3.63, 3.8) is 0 Å². The third kappa shape index (κ3) is 2.99. The highest BCUT2D eigenvalue weighted by Gasteiger charge is 2.26. The maximum atomic E-state index is 14.0. The first-order valence-corrected chi connectivity index (χ1v) is 6.53. The van der Waals surface area contributed by atoms with Crippen molar-refractivity contribution in [1.82, 2.24) is 5.32 Å². The second-order valence-corrected chi connectivity index (χ2v) is 4.92. The van der Waals surface area contributed by atoms with Gasteiger partial charge < -0.3 is 10.2 Å². The van der Waals surface area contributed by atoms with Gasteiger partial charge in [-0.25, -0.2) is 8.78 Å². The summed E-state index contributed by atoms with van der Waals surface area (Å²) in [4.78, 5) is 1.81. The molecule has 18 heavy (non-hydrogen) atoms. The van der Waals surface area contributed by atoms with Crippen LogP contribution in [0.5, 0.6) is 0 Å². The molecule has 1 fully saturated rings. The van der Waals surface area contributed by atoms with Gasteiger partial charge in [0.25, 0.3) is 0 Å². The van der Waals surface area contributed by atoms with Crippen molar-refractivity contribution in [3.05, 3.63) is 29.3 Å². The van der Waals surface area contributed by atoms with E-state index >= 15 is 0 Å². The molecule has 0 unspecified atom stereocenters. The average molecular weight is 254 g/mol. The maximum Gasteiger partial charge on any atom is 0.149 e. The molecule has 0 aromatic heterocycles. The van der Waals surface area contributed by atoms with Gasteiger partial charge in [0.05, 0.1) is 0 Å². The van der Waals surface area contributed by atoms with Crippen molar-refractivity contribution < 1.29 is 8.78 Å². The van der Waals surface area contributed by atoms with Crippen molar-refractivity contribution in [3.8, 4) is 0 Å². The molecule has 0 heterocycles. The molecular formula is C14H20F2N2. The fourth-order valence-electron chi connectivity index (χ4n) is 2.22. The molecule has 1 N–H and O–H groups in total. The fourth-order valence-corrected chi connectivity index (χ4v) is 2.22. The van der Waals surface area contributed by atoms with Crippen LogP contribution in [-0.2, 0) is 6.54 Å². The summed E-state index contributed by atoms with van der Waals surface area (Å²) in [6.45, 7) is 3.80. The Bertz CT molecular complexity index is 393. The second kappa shape index (κ2) is 5.65. The summed E-state index contributed by atoms with van der Waals surface area (Å²) in [5.74, 6) is -0.300. The molecule has 2 rings (SSSR count). The zero-order valence-corrected chi connectivity index (χ0v) is 11.0. The molecule has 1 aromatic carbocycles. The van der Waals surface area contributed by atoms with Crippen molar-refractivity contribution in [1.29, 1.82) is 0 Å². The SMILES string of the molecule is CCN(CC1CC1)c1c(F)cc(CNC)cc1F. The first-order valence-electron chi connectivity index (χ1n) is 6.53. The lowest BCUT2D eigenvalue weighted by molar-refractivity contribution is 0.563. The van der Waals surface area contributed by atoms with Crippen LogP contribution < -0.4 is 10.2 Å². The number of rotatable bonds is 6. The first kappa shape index (κ1) is 13.3. The van der Waals surface area contributed by atoms with Crippen LogP contribution in [0.3, 0.4) is 0 Å². The van der Waals surface area contributed by atoms with Gasteiger partial charge >= 0.3 is 0 Å². The van der Waals surface area contributed by atoms with Crippen LogP contribution in [0.4, 0.5) is 14.5 Å². The van der Waals surface area contributed by atoms with Crippen LogP contribution in [0.1, 0.15) is 25.3 Å². The van der Waals surface area contributed by atoms with Gasteiger partial charge in [0.2, 0.25) is 0 Å². The Hall–Kier alpha value is -1.16. The van der Waals surface area contributed by atoms with E-state index in [0.717, 1.165) is 6.54 Å². The molecule has 0 radical (unpaired) electrons. The molecule has 1 aliphatic carbocycles. The molecular weight excluding hydrogens is 234 g/mol. The molecule has 0 saturated heterocycles. The Morgan fingerprint density at radius 3 is 2.33 bits per heavy atom. The van der Waals surface area contributed by atoms with Crippen LogP contribution in [0, 0.1) is 17.6 Å². The number of nitrogens with one attached hydrogen (secondary N) is 1. The Balaban J connectivity index is 2.24. The molecule has 0 aliphatic heterocycles. The van der Waals surface area contributed by atoms with Crippen LogP contribution in [0.25, 0.3) is 0 Å². The second-order valence-electron chi connectivity index (χ2n) is 4.92. The molecule has 0 spiro atoms. The number of nitrogens with zero attached hydrogens (tertiary/aromatic N) is 1. The van der Waals surface area contributed by atoms with E-state index in [2.05, 4.69) is 5.32 Å². The third-order valence-corrected chi connectivity index (χ3v) is 3.33. The monoisotopic (exact) mass is 254 g/mol. The summed E-state index contributed by atoms with van der Waals surface area (Å²) in [5.41, 5.74) is 0.767. The molecule has 1 aliphatic rings. The molecule has 0 amide bonds. The van der Waals surface area contributed by atoms with E-state index in [9.17, 15) is 8.78 Å². The summed E-state index contributed by atoms with van der Waals surface area (Å²) in [6, 6.07) is 2.84. The standard InChI is InChI=1S/C14H20F2N2/c1-3-18(9-10-4-5-10)14-12(15)6-11(8-17-2)7-13(14)16/h6-7,10,17H,3-5,8-9H2,1-2H3. The van der Waals surface area contributed by atoms with E-state index in [0.29, 0.717) is 24.6 Å². The van der Waals surface area contributed by atoms with E-state index in [-0.39, 0.29) is 5.69 Å². The van der Waals surface area contributed by atoms with Crippen LogP contribution in [-0.4, -0.2) is 20.1 Å². The number of benzene rings is 1. The quantitative estimate of drug-likeness (QED) is 0.839. The van der Waals surface area contributed by atoms with Crippen LogP contribution >= 0.6 is 0 Å². The first-order chi connectivity index (χ1) is 8.65. The highest BCUT2D eigenvalue weighted by Crippen LogP contribution is 2.33. The van der Waals surface area contributed by atoms with Gasteiger partial charge in [-0.15, -0.1) is 0 Å². The minimum Gasteiger partial charge on any atom is -0.367 e. The van der Waals surface area contributed by atoms with E-state index < -0.39 is 11.6 Å². The smallest absolute Gasteiger partial charge is 0.149 e.